The summed E-state index contributed by atoms with van der Waals surface area (Å²) in [7, 11) is 0. The van der Waals surface area contributed by atoms with Crippen LogP contribution in [0.3, 0.4) is 0 Å². The van der Waals surface area contributed by atoms with E-state index in [0.717, 1.165) is 16.7 Å². The van der Waals surface area contributed by atoms with E-state index >= 15 is 0 Å². The second kappa shape index (κ2) is 6.48. The first-order valence-corrected chi connectivity index (χ1v) is 8.38. The number of halogens is 1. The maximum absolute atomic E-state index is 14.4. The zero-order valence-electron chi connectivity index (χ0n) is 13.7. The normalized spacial score (nSPS) is 17.2. The lowest BCUT2D eigenvalue weighted by Crippen LogP contribution is -1.99. The van der Waals surface area contributed by atoms with Crippen LogP contribution >= 0.6 is 0 Å². The molecule has 1 aliphatic rings. The summed E-state index contributed by atoms with van der Waals surface area (Å²) in [6.07, 6.45) is 0.373. The minimum absolute atomic E-state index is 0.00203. The summed E-state index contributed by atoms with van der Waals surface area (Å²) in [5.74, 6) is -0.406. The zero-order valence-corrected chi connectivity index (χ0v) is 13.7. The lowest BCUT2D eigenvalue weighted by Gasteiger charge is -2.16. The molecule has 0 radical (unpaired) electrons. The molecule has 3 aromatic carbocycles. The maximum Gasteiger partial charge on any atom is 0.164 e. The molecule has 0 bridgehead atoms. The van der Waals surface area contributed by atoms with Gasteiger partial charge in [-0.2, -0.15) is 0 Å². The molecule has 0 spiro atoms. The number of carbonyl (C=O) groups excluding carboxylic acids is 1. The molecule has 0 saturated carbocycles. The van der Waals surface area contributed by atoms with Gasteiger partial charge in [0.25, 0.3) is 0 Å². The Morgan fingerprint density at radius 2 is 1.36 bits per heavy atom. The molecule has 0 aliphatic heterocycles. The molecule has 2 heteroatoms. The van der Waals surface area contributed by atoms with Crippen molar-refractivity contribution in [3.8, 4) is 0 Å². The molecule has 0 N–H and O–H groups in total. The van der Waals surface area contributed by atoms with Crippen LogP contribution in [0.1, 0.15) is 29.0 Å². The van der Waals surface area contributed by atoms with Gasteiger partial charge >= 0.3 is 0 Å². The van der Waals surface area contributed by atoms with E-state index in [1.807, 2.05) is 60.7 Å². The molecule has 0 aromatic heterocycles. The Labute approximate surface area is 146 Å². The summed E-state index contributed by atoms with van der Waals surface area (Å²) in [6, 6.07) is 26.3. The molecule has 3 aromatic rings. The van der Waals surface area contributed by atoms with Crippen LogP contribution in [0.5, 0.6) is 0 Å². The van der Waals surface area contributed by atoms with Crippen molar-refractivity contribution in [2.75, 3.05) is 0 Å². The minimum Gasteiger partial charge on any atom is -0.294 e. The van der Waals surface area contributed by atoms with Crippen molar-refractivity contribution in [3.05, 3.63) is 107 Å². The summed E-state index contributed by atoms with van der Waals surface area (Å²) in [5, 5.41) is 0. The van der Waals surface area contributed by atoms with E-state index in [-0.39, 0.29) is 17.5 Å². The Bertz CT molecular complexity index is 942. The Kier molecular flexibility index (Phi) is 4.02. The van der Waals surface area contributed by atoms with Crippen LogP contribution in [0, 0.1) is 5.82 Å². The van der Waals surface area contributed by atoms with Gasteiger partial charge < -0.3 is 0 Å². The van der Waals surface area contributed by atoms with Gasteiger partial charge in [0.2, 0.25) is 0 Å². The lowest BCUT2D eigenvalue weighted by molar-refractivity contribution is -0.113. The third kappa shape index (κ3) is 2.80. The topological polar surface area (TPSA) is 17.1 Å². The van der Waals surface area contributed by atoms with Crippen LogP contribution in [0.4, 0.5) is 4.39 Å². The predicted octanol–water partition coefficient (Wildman–Crippen LogP) is 5.49. The first-order valence-electron chi connectivity index (χ1n) is 8.38. The quantitative estimate of drug-likeness (QED) is 0.621. The van der Waals surface area contributed by atoms with Crippen molar-refractivity contribution in [1.29, 1.82) is 0 Å². The fourth-order valence-corrected chi connectivity index (χ4v) is 3.61. The third-order valence-corrected chi connectivity index (χ3v) is 4.72. The van der Waals surface area contributed by atoms with E-state index in [9.17, 15) is 9.18 Å². The number of ketones is 1. The molecule has 0 saturated heterocycles. The monoisotopic (exact) mass is 328 g/mol. The van der Waals surface area contributed by atoms with Gasteiger partial charge in [-0.05, 0) is 22.8 Å². The van der Waals surface area contributed by atoms with E-state index in [0.29, 0.717) is 17.6 Å². The smallest absolute Gasteiger partial charge is 0.164 e. The average Bonchev–Trinajstić information content (AvgIpc) is 3.01. The highest BCUT2D eigenvalue weighted by molar-refractivity contribution is 6.32. The molecular formula is C23H17FO. The number of hydrogen-bond acceptors (Lipinski definition) is 1. The van der Waals surface area contributed by atoms with E-state index in [1.54, 1.807) is 18.2 Å². The van der Waals surface area contributed by atoms with Gasteiger partial charge in [0, 0.05) is 23.5 Å². The summed E-state index contributed by atoms with van der Waals surface area (Å²) in [4.78, 5) is 12.9. The summed E-state index contributed by atoms with van der Waals surface area (Å²) in [6.45, 7) is 0. The van der Waals surface area contributed by atoms with Gasteiger partial charge in [-0.25, -0.2) is 4.39 Å². The highest BCUT2D eigenvalue weighted by Gasteiger charge is 2.35. The van der Waals surface area contributed by atoms with Crippen LogP contribution in [0.15, 0.2) is 84.9 Å². The Morgan fingerprint density at radius 3 is 2.04 bits per heavy atom. The predicted molar refractivity (Wildman–Crippen MR) is 98.5 cm³/mol. The van der Waals surface area contributed by atoms with E-state index in [4.69, 9.17) is 0 Å². The van der Waals surface area contributed by atoms with Crippen LogP contribution in [-0.2, 0) is 4.79 Å². The molecule has 122 valence electrons. The number of carbonyl (C=O) groups is 1. The van der Waals surface area contributed by atoms with E-state index < -0.39 is 0 Å². The minimum atomic E-state index is -0.354. The Hall–Kier alpha value is -3.00. The van der Waals surface area contributed by atoms with Crippen LogP contribution in [0.2, 0.25) is 0 Å². The summed E-state index contributed by atoms with van der Waals surface area (Å²) in [5.41, 5.74) is 3.88. The molecule has 0 fully saturated rings. The highest BCUT2D eigenvalue weighted by Crippen LogP contribution is 2.47. The molecule has 25 heavy (non-hydrogen) atoms. The van der Waals surface area contributed by atoms with Gasteiger partial charge in [0.1, 0.15) is 5.82 Å². The van der Waals surface area contributed by atoms with Gasteiger partial charge in [-0.1, -0.05) is 78.9 Å². The second-order valence-corrected chi connectivity index (χ2v) is 6.23. The van der Waals surface area contributed by atoms with Crippen molar-refractivity contribution >= 4 is 16.9 Å². The fraction of sp³-hybridized carbons (Fsp3) is 0.0870. The number of allylic oxidation sites excluding steroid dienone is 2. The number of hydrogen-bond donors (Lipinski definition) is 0. The molecule has 0 amide bonds. The van der Waals surface area contributed by atoms with Gasteiger partial charge in [0.15, 0.2) is 5.78 Å². The van der Waals surface area contributed by atoms with Crippen LogP contribution in [-0.4, -0.2) is 5.78 Å². The number of benzene rings is 3. The highest BCUT2D eigenvalue weighted by atomic mass is 19.1. The lowest BCUT2D eigenvalue weighted by atomic mass is 9.87. The Balaban J connectivity index is 1.98. The molecular weight excluding hydrogens is 311 g/mol. The molecule has 0 heterocycles. The Morgan fingerprint density at radius 1 is 0.760 bits per heavy atom. The SMILES string of the molecule is O=C1CC(c2ccccc2)C(c2ccccc2)=C1c1ccccc1F. The van der Waals surface area contributed by atoms with Crippen molar-refractivity contribution in [2.24, 2.45) is 0 Å². The second-order valence-electron chi connectivity index (χ2n) is 6.23. The van der Waals surface area contributed by atoms with Crippen molar-refractivity contribution in [2.45, 2.75) is 12.3 Å². The third-order valence-electron chi connectivity index (χ3n) is 4.72. The summed E-state index contributed by atoms with van der Waals surface area (Å²) < 4.78 is 14.4. The first kappa shape index (κ1) is 15.5. The van der Waals surface area contributed by atoms with Crippen molar-refractivity contribution in [1.82, 2.24) is 0 Å². The van der Waals surface area contributed by atoms with Crippen LogP contribution in [0.25, 0.3) is 11.1 Å². The molecule has 1 atom stereocenters. The summed E-state index contributed by atoms with van der Waals surface area (Å²) >= 11 is 0. The molecule has 1 nitrogen and oxygen atoms in total. The average molecular weight is 328 g/mol. The van der Waals surface area contributed by atoms with Gasteiger partial charge in [-0.15, -0.1) is 0 Å². The maximum atomic E-state index is 14.4. The first-order chi connectivity index (χ1) is 12.3. The van der Waals surface area contributed by atoms with Crippen molar-refractivity contribution in [3.63, 3.8) is 0 Å². The van der Waals surface area contributed by atoms with Gasteiger partial charge in [0.05, 0.1) is 0 Å². The number of rotatable bonds is 3. The fourth-order valence-electron chi connectivity index (χ4n) is 3.61. The molecule has 1 aliphatic carbocycles. The zero-order chi connectivity index (χ0) is 17.2. The standard InChI is InChI=1S/C23H17FO/c24-20-14-8-7-13-18(20)23-21(25)15-19(16-9-3-1-4-10-16)22(23)17-11-5-2-6-12-17/h1-14,19H,15H2. The van der Waals surface area contributed by atoms with E-state index in [2.05, 4.69) is 0 Å². The number of Topliss-reactive ketones (excluding diaryl/α,β-unsaturated/α-hetero) is 1. The van der Waals surface area contributed by atoms with Crippen LogP contribution < -0.4 is 0 Å². The van der Waals surface area contributed by atoms with Gasteiger partial charge in [-0.3, -0.25) is 4.79 Å². The molecule has 1 unspecified atom stereocenters. The van der Waals surface area contributed by atoms with E-state index in [1.165, 1.54) is 6.07 Å². The molecule has 4 rings (SSSR count). The van der Waals surface area contributed by atoms with Crippen molar-refractivity contribution < 1.29 is 9.18 Å². The largest absolute Gasteiger partial charge is 0.294 e.